The van der Waals surface area contributed by atoms with E-state index in [9.17, 15) is 9.59 Å². The molecule has 1 aromatic heterocycles. The van der Waals surface area contributed by atoms with Crippen molar-refractivity contribution in [3.8, 4) is 11.1 Å². The minimum absolute atomic E-state index is 0.132. The fourth-order valence-electron chi connectivity index (χ4n) is 3.20. The number of anilines is 1. The molecule has 128 valence electrons. The van der Waals surface area contributed by atoms with E-state index < -0.39 is 0 Å². The average molecular weight is 343 g/mol. The van der Waals surface area contributed by atoms with Crippen LogP contribution < -0.4 is 4.90 Å². The van der Waals surface area contributed by atoms with E-state index in [-0.39, 0.29) is 11.7 Å². The fraction of sp³-hybridized carbons (Fsp3) is 0.0952. The van der Waals surface area contributed by atoms with Crippen molar-refractivity contribution in [2.45, 2.75) is 6.92 Å². The first-order valence-electron chi connectivity index (χ1n) is 8.30. The molecule has 1 aliphatic rings. The highest BCUT2D eigenvalue weighted by Gasteiger charge is 2.34. The van der Waals surface area contributed by atoms with Gasteiger partial charge in [-0.2, -0.15) is 5.10 Å². The summed E-state index contributed by atoms with van der Waals surface area (Å²) < 4.78 is 1.75. The molecule has 2 aromatic carbocycles. The zero-order valence-corrected chi connectivity index (χ0v) is 14.5. The van der Waals surface area contributed by atoms with Gasteiger partial charge < -0.3 is 0 Å². The van der Waals surface area contributed by atoms with E-state index >= 15 is 0 Å². The molecule has 0 radical (unpaired) electrons. The molecule has 0 aliphatic carbocycles. The lowest BCUT2D eigenvalue weighted by Crippen LogP contribution is -2.25. The Kier molecular flexibility index (Phi) is 3.77. The molecule has 1 aliphatic heterocycles. The Labute approximate surface area is 151 Å². The maximum absolute atomic E-state index is 12.7. The molecule has 4 rings (SSSR count). The zero-order chi connectivity index (χ0) is 18.3. The molecule has 0 spiro atoms. The molecule has 0 fully saturated rings. The number of hydrogen-bond acceptors (Lipinski definition) is 3. The number of ketones is 1. The molecule has 5 nitrogen and oxygen atoms in total. The molecule has 3 aromatic rings. The number of benzene rings is 2. The van der Waals surface area contributed by atoms with E-state index in [2.05, 4.69) is 5.10 Å². The number of para-hydroxylation sites is 1. The lowest BCUT2D eigenvalue weighted by Gasteiger charge is -2.16. The van der Waals surface area contributed by atoms with Crippen molar-refractivity contribution in [3.05, 3.63) is 77.7 Å². The summed E-state index contributed by atoms with van der Waals surface area (Å²) >= 11 is 0. The van der Waals surface area contributed by atoms with E-state index in [4.69, 9.17) is 0 Å². The Morgan fingerprint density at radius 1 is 1.04 bits per heavy atom. The zero-order valence-electron chi connectivity index (χ0n) is 14.5. The van der Waals surface area contributed by atoms with E-state index in [0.29, 0.717) is 16.9 Å². The molecule has 0 atom stereocenters. The second kappa shape index (κ2) is 6.11. The molecule has 2 heterocycles. The van der Waals surface area contributed by atoms with Gasteiger partial charge in [0.15, 0.2) is 0 Å². The first-order chi connectivity index (χ1) is 12.5. The van der Waals surface area contributed by atoms with Gasteiger partial charge in [0, 0.05) is 31.3 Å². The number of carbonyl (C=O) groups is 2. The summed E-state index contributed by atoms with van der Waals surface area (Å²) in [5, 5.41) is 4.18. The Bertz CT molecular complexity index is 1050. The summed E-state index contributed by atoms with van der Waals surface area (Å²) in [6, 6.07) is 15.0. The highest BCUT2D eigenvalue weighted by Crippen LogP contribution is 2.35. The number of hydrogen-bond donors (Lipinski definition) is 0. The molecule has 26 heavy (non-hydrogen) atoms. The van der Waals surface area contributed by atoms with Crippen LogP contribution in [0, 0.1) is 0 Å². The lowest BCUT2D eigenvalue weighted by molar-refractivity contribution is -0.116. The van der Waals surface area contributed by atoms with E-state index in [0.717, 1.165) is 16.7 Å². The second-order valence-electron chi connectivity index (χ2n) is 6.25. The van der Waals surface area contributed by atoms with Crippen LogP contribution in [-0.2, 0) is 11.8 Å². The summed E-state index contributed by atoms with van der Waals surface area (Å²) in [6.07, 6.45) is 5.51. The Hall–Kier alpha value is -3.47. The van der Waals surface area contributed by atoms with Crippen LogP contribution in [0.2, 0.25) is 0 Å². The highest BCUT2D eigenvalue weighted by atomic mass is 16.2. The quantitative estimate of drug-likeness (QED) is 0.667. The van der Waals surface area contributed by atoms with Gasteiger partial charge in [0.2, 0.25) is 11.7 Å². The first kappa shape index (κ1) is 16.0. The minimum atomic E-state index is -0.179. The number of allylic oxidation sites excluding steroid dienone is 1. The standard InChI is InChI=1S/C21H17N3O2/c1-14(25)24-19-6-4-3-5-18(19)21(26)20(24)11-15-7-9-16(10-8-15)17-12-22-23(2)13-17/h3-13H,1-2H3/b20-11+. The van der Waals surface area contributed by atoms with Crippen LogP contribution in [0.1, 0.15) is 22.8 Å². The third-order valence-electron chi connectivity index (χ3n) is 4.43. The Morgan fingerprint density at radius 2 is 1.77 bits per heavy atom. The van der Waals surface area contributed by atoms with E-state index in [1.807, 2.05) is 49.8 Å². The van der Waals surface area contributed by atoms with Crippen molar-refractivity contribution < 1.29 is 9.59 Å². The van der Waals surface area contributed by atoms with Crippen LogP contribution >= 0.6 is 0 Å². The number of rotatable bonds is 2. The summed E-state index contributed by atoms with van der Waals surface area (Å²) in [5.41, 5.74) is 4.52. The number of fused-ring (bicyclic) bond motifs is 1. The summed E-state index contributed by atoms with van der Waals surface area (Å²) in [5.74, 6) is -0.311. The molecule has 0 unspecified atom stereocenters. The van der Waals surface area contributed by atoms with Crippen molar-refractivity contribution in [2.75, 3.05) is 4.90 Å². The van der Waals surface area contributed by atoms with Crippen LogP contribution in [-0.4, -0.2) is 21.5 Å². The van der Waals surface area contributed by atoms with E-state index in [1.165, 1.54) is 11.8 Å². The van der Waals surface area contributed by atoms with Crippen molar-refractivity contribution in [2.24, 2.45) is 7.05 Å². The van der Waals surface area contributed by atoms with Crippen LogP contribution in [0.3, 0.4) is 0 Å². The van der Waals surface area contributed by atoms with Gasteiger partial charge in [-0.05, 0) is 29.3 Å². The summed E-state index contributed by atoms with van der Waals surface area (Å²) in [6.45, 7) is 1.47. The average Bonchev–Trinajstić information content (AvgIpc) is 3.18. The van der Waals surface area contributed by atoms with Crippen LogP contribution in [0.15, 0.2) is 66.6 Å². The Morgan fingerprint density at radius 3 is 2.42 bits per heavy atom. The number of aromatic nitrogens is 2. The molecular weight excluding hydrogens is 326 g/mol. The predicted molar refractivity (Wildman–Crippen MR) is 101 cm³/mol. The van der Waals surface area contributed by atoms with Gasteiger partial charge in [-0.25, -0.2) is 0 Å². The molecule has 0 bridgehead atoms. The van der Waals surface area contributed by atoms with Gasteiger partial charge >= 0.3 is 0 Å². The maximum atomic E-state index is 12.7. The van der Waals surface area contributed by atoms with Gasteiger partial charge in [0.1, 0.15) is 0 Å². The van der Waals surface area contributed by atoms with Gasteiger partial charge in [0.05, 0.1) is 17.6 Å². The number of Topliss-reactive ketones (excluding diaryl/α,β-unsaturated/α-hetero) is 1. The second-order valence-corrected chi connectivity index (χ2v) is 6.25. The number of aryl methyl sites for hydroxylation is 1. The lowest BCUT2D eigenvalue weighted by atomic mass is 10.1. The van der Waals surface area contributed by atoms with E-state index in [1.54, 1.807) is 29.0 Å². The van der Waals surface area contributed by atoms with Crippen molar-refractivity contribution in [1.29, 1.82) is 0 Å². The van der Waals surface area contributed by atoms with Gasteiger partial charge in [-0.15, -0.1) is 0 Å². The van der Waals surface area contributed by atoms with Crippen LogP contribution in [0.4, 0.5) is 5.69 Å². The topological polar surface area (TPSA) is 55.2 Å². The third-order valence-corrected chi connectivity index (χ3v) is 4.43. The largest absolute Gasteiger partial charge is 0.287 e. The molecule has 0 saturated heterocycles. The van der Waals surface area contributed by atoms with Crippen molar-refractivity contribution in [3.63, 3.8) is 0 Å². The smallest absolute Gasteiger partial charge is 0.228 e. The van der Waals surface area contributed by atoms with Crippen molar-refractivity contribution in [1.82, 2.24) is 9.78 Å². The van der Waals surface area contributed by atoms with Gasteiger partial charge in [-0.1, -0.05) is 36.4 Å². The number of carbonyl (C=O) groups excluding carboxylic acids is 2. The number of amides is 1. The first-order valence-corrected chi connectivity index (χ1v) is 8.30. The van der Waals surface area contributed by atoms with Crippen LogP contribution in [0.5, 0.6) is 0 Å². The molecule has 0 saturated carbocycles. The SMILES string of the molecule is CC(=O)N1/C(=C/c2ccc(-c3cnn(C)c3)cc2)C(=O)c2ccccc21. The Balaban J connectivity index is 1.71. The molecular formula is C21H17N3O2. The normalized spacial score (nSPS) is 14.8. The number of nitrogens with zero attached hydrogens (tertiary/aromatic N) is 3. The summed E-state index contributed by atoms with van der Waals surface area (Å²) in [4.78, 5) is 26.3. The van der Waals surface area contributed by atoms with Gasteiger partial charge in [-0.3, -0.25) is 19.2 Å². The molecule has 1 amide bonds. The van der Waals surface area contributed by atoms with Gasteiger partial charge in [0.25, 0.3) is 0 Å². The van der Waals surface area contributed by atoms with Crippen LogP contribution in [0.25, 0.3) is 17.2 Å². The highest BCUT2D eigenvalue weighted by molar-refractivity contribution is 6.26. The predicted octanol–water partition coefficient (Wildman–Crippen LogP) is 3.68. The monoisotopic (exact) mass is 343 g/mol. The fourth-order valence-corrected chi connectivity index (χ4v) is 3.20. The minimum Gasteiger partial charge on any atom is -0.287 e. The molecule has 5 heteroatoms. The third kappa shape index (κ3) is 2.63. The molecule has 0 N–H and O–H groups in total. The summed E-state index contributed by atoms with van der Waals surface area (Å²) in [7, 11) is 1.88. The van der Waals surface area contributed by atoms with Crippen molar-refractivity contribution >= 4 is 23.5 Å². The maximum Gasteiger partial charge on any atom is 0.228 e.